The van der Waals surface area contributed by atoms with Crippen LogP contribution in [0.5, 0.6) is 5.88 Å². The molecule has 4 heterocycles. The molecule has 3 N–H and O–H groups in total. The molecule has 4 amide bonds. The van der Waals surface area contributed by atoms with E-state index in [0.29, 0.717) is 48.6 Å². The molecule has 4 aliphatic rings. The first kappa shape index (κ1) is 40.1. The van der Waals surface area contributed by atoms with Gasteiger partial charge in [0, 0.05) is 23.3 Å². The number of methoxy groups -OCH3 is 1. The van der Waals surface area contributed by atoms with Gasteiger partial charge in [-0.15, -0.1) is 0 Å². The monoisotopic (exact) mass is 838 g/mol. The zero-order valence-electron chi connectivity index (χ0n) is 31.8. The van der Waals surface area contributed by atoms with Crippen molar-refractivity contribution >= 4 is 55.9 Å². The quantitative estimate of drug-likeness (QED) is 0.208. The Morgan fingerprint density at radius 2 is 1.78 bits per heavy atom. The summed E-state index contributed by atoms with van der Waals surface area (Å²) < 4.78 is 85.5. The molecule has 2 aliphatic carbocycles. The van der Waals surface area contributed by atoms with Crippen molar-refractivity contribution in [1.82, 2.24) is 30.2 Å². The lowest BCUT2D eigenvalue weighted by Gasteiger charge is -2.29. The number of nitrogens with zero attached hydrogens (tertiary/aromatic N) is 3. The first-order valence-electron chi connectivity index (χ1n) is 19.4. The molecule has 19 heteroatoms. The van der Waals surface area contributed by atoms with E-state index in [1.807, 2.05) is 6.08 Å². The van der Waals surface area contributed by atoms with Crippen molar-refractivity contribution in [2.24, 2.45) is 5.92 Å². The maximum Gasteiger partial charge on any atom is 0.416 e. The van der Waals surface area contributed by atoms with Gasteiger partial charge in [0.25, 0.3) is 11.8 Å². The van der Waals surface area contributed by atoms with E-state index >= 15 is 0 Å². The van der Waals surface area contributed by atoms with Crippen LogP contribution in [-0.4, -0.2) is 89.7 Å². The fourth-order valence-corrected chi connectivity index (χ4v) is 9.15. The van der Waals surface area contributed by atoms with Gasteiger partial charge in [-0.05, 0) is 62.8 Å². The minimum atomic E-state index is -4.57. The van der Waals surface area contributed by atoms with E-state index in [2.05, 4.69) is 25.3 Å². The molecule has 1 saturated heterocycles. The van der Waals surface area contributed by atoms with Crippen LogP contribution in [0, 0.1) is 5.92 Å². The maximum absolute atomic E-state index is 14.4. The molecule has 2 aliphatic heterocycles. The van der Waals surface area contributed by atoms with Gasteiger partial charge in [0.2, 0.25) is 27.4 Å². The van der Waals surface area contributed by atoms with Gasteiger partial charge in [0.15, 0.2) is 5.82 Å². The number of sulfonamides is 1. The third-order valence-electron chi connectivity index (χ3n) is 11.3. The van der Waals surface area contributed by atoms with Crippen molar-refractivity contribution in [3.05, 3.63) is 66.2 Å². The van der Waals surface area contributed by atoms with E-state index in [9.17, 15) is 40.8 Å². The highest BCUT2D eigenvalue weighted by Gasteiger charge is 2.62. The minimum Gasteiger partial charge on any atom is -0.470 e. The minimum absolute atomic E-state index is 0.0266. The van der Waals surface area contributed by atoms with Crippen LogP contribution in [0.25, 0.3) is 33.5 Å². The summed E-state index contributed by atoms with van der Waals surface area (Å²) in [5.74, 6) is -2.80. The summed E-state index contributed by atoms with van der Waals surface area (Å²) in [6.07, 6.45) is 1.00. The van der Waals surface area contributed by atoms with Gasteiger partial charge < -0.3 is 29.4 Å². The number of carbonyl (C=O) groups is 4. The second-order valence-electron chi connectivity index (χ2n) is 15.4. The van der Waals surface area contributed by atoms with Crippen LogP contribution in [0.15, 0.2) is 65.1 Å². The number of fused-ring (bicyclic) bond motifs is 5. The van der Waals surface area contributed by atoms with Gasteiger partial charge in [-0.25, -0.2) is 18.2 Å². The van der Waals surface area contributed by atoms with Gasteiger partial charge in [0.05, 0.1) is 24.5 Å². The molecule has 3 fully saturated rings. The Balaban J connectivity index is 1.15. The Labute approximate surface area is 336 Å². The average molecular weight is 839 g/mol. The van der Waals surface area contributed by atoms with Gasteiger partial charge in [-0.1, -0.05) is 49.3 Å². The van der Waals surface area contributed by atoms with Gasteiger partial charge in [-0.3, -0.25) is 19.1 Å². The lowest BCUT2D eigenvalue weighted by atomic mass is 10.1. The smallest absolute Gasteiger partial charge is 0.416 e. The van der Waals surface area contributed by atoms with Crippen LogP contribution in [0.3, 0.4) is 0 Å². The molecule has 4 aromatic rings. The van der Waals surface area contributed by atoms with Crippen LogP contribution >= 0.6 is 0 Å². The fraction of sp³-hybridized carbons (Fsp3) is 0.450. The van der Waals surface area contributed by atoms with E-state index < -0.39 is 80.5 Å². The van der Waals surface area contributed by atoms with Crippen molar-refractivity contribution in [3.63, 3.8) is 0 Å². The summed E-state index contributed by atoms with van der Waals surface area (Å²) in [4.78, 5) is 65.5. The molecular weight excluding hydrogens is 798 g/mol. The predicted molar refractivity (Wildman–Crippen MR) is 205 cm³/mol. The van der Waals surface area contributed by atoms with Crippen molar-refractivity contribution in [2.75, 3.05) is 13.7 Å². The number of furan rings is 1. The number of benzene rings is 2. The van der Waals surface area contributed by atoms with E-state index in [1.54, 1.807) is 30.3 Å². The molecule has 312 valence electrons. The topological polar surface area (TPSA) is 199 Å². The molecule has 59 heavy (non-hydrogen) atoms. The van der Waals surface area contributed by atoms with E-state index in [4.69, 9.17) is 13.9 Å². The van der Waals surface area contributed by atoms with Gasteiger partial charge >= 0.3 is 12.3 Å². The lowest BCUT2D eigenvalue weighted by Crippen LogP contribution is -2.58. The lowest BCUT2D eigenvalue weighted by molar-refractivity contribution is -0.141. The van der Waals surface area contributed by atoms with Crippen LogP contribution in [-0.2, 0) is 35.3 Å². The number of nitrogens with one attached hydrogen (secondary N) is 3. The van der Waals surface area contributed by atoms with E-state index in [1.165, 1.54) is 17.0 Å². The summed E-state index contributed by atoms with van der Waals surface area (Å²) in [5, 5.41) is 5.28. The van der Waals surface area contributed by atoms with Crippen LogP contribution in [0.2, 0.25) is 0 Å². The van der Waals surface area contributed by atoms with Crippen LogP contribution < -0.4 is 20.1 Å². The molecule has 5 atom stereocenters. The molecule has 5 unspecified atom stereocenters. The Kier molecular flexibility index (Phi) is 10.5. The number of alkyl carbamates (subject to hydrolysis) is 1. The normalized spacial score (nSPS) is 25.9. The highest BCUT2D eigenvalue weighted by molar-refractivity contribution is 7.91. The highest BCUT2D eigenvalue weighted by atomic mass is 32.2. The van der Waals surface area contributed by atoms with Crippen molar-refractivity contribution in [2.45, 2.75) is 92.9 Å². The number of hydrogen-bond donors (Lipinski definition) is 3. The fourth-order valence-electron chi connectivity index (χ4n) is 7.79. The number of ether oxygens (including phenoxy) is 2. The molecule has 15 nitrogen and oxygen atoms in total. The Bertz CT molecular complexity index is 2450. The predicted octanol–water partition coefficient (Wildman–Crippen LogP) is 5.14. The molecule has 2 aromatic heterocycles. The molecule has 2 saturated carbocycles. The Morgan fingerprint density at radius 3 is 2.51 bits per heavy atom. The summed E-state index contributed by atoms with van der Waals surface area (Å²) in [6.45, 7) is -0.198. The van der Waals surface area contributed by atoms with Crippen LogP contribution in [0.4, 0.5) is 18.0 Å². The number of aromatic nitrogens is 2. The van der Waals surface area contributed by atoms with Crippen molar-refractivity contribution < 1.29 is 54.7 Å². The number of para-hydroxylation sites is 1. The molecular formula is C40H41F3N6O9S. The summed E-state index contributed by atoms with van der Waals surface area (Å²) in [7, 11) is -2.80. The number of halogens is 3. The van der Waals surface area contributed by atoms with Crippen LogP contribution in [0.1, 0.15) is 63.4 Å². The largest absolute Gasteiger partial charge is 0.470 e. The standard InChI is InChI=1S/C40H41F3N6O9S/c1-56-38(53)44-28-11-6-4-2-3-5-9-24-20-39(24,37(52)48-59(54,55)26-17-18-26)47-34(50)29-19-25(21-49(29)36(28)51)57-35-32-31(27-10-7-8-12-30(27)58-32)45-33(46-35)22-13-15-23(16-14-22)40(41,42)43/h5,7-10,12-16,24-26,28-29H,2-4,6,11,17-21H2,1H3,(H,44,53)(H,47,50)(H,48,52)/b9-5-. The number of rotatable bonds is 7. The molecule has 0 bridgehead atoms. The highest BCUT2D eigenvalue weighted by Crippen LogP contribution is 2.46. The molecule has 0 radical (unpaired) electrons. The number of hydrogen-bond acceptors (Lipinski definition) is 11. The van der Waals surface area contributed by atoms with E-state index in [0.717, 1.165) is 25.7 Å². The molecule has 8 rings (SSSR count). The van der Waals surface area contributed by atoms with Crippen molar-refractivity contribution in [1.29, 1.82) is 0 Å². The average Bonchev–Trinajstić information content (AvgIpc) is 4.11. The zero-order chi connectivity index (χ0) is 41.7. The summed E-state index contributed by atoms with van der Waals surface area (Å²) in [5.41, 5.74) is -1.35. The second kappa shape index (κ2) is 15.5. The van der Waals surface area contributed by atoms with Gasteiger partial charge in [0.1, 0.15) is 34.8 Å². The Hall–Kier alpha value is -5.72. The summed E-state index contributed by atoms with van der Waals surface area (Å²) >= 11 is 0. The second-order valence-corrected chi connectivity index (χ2v) is 17.3. The molecule has 0 spiro atoms. The first-order valence-corrected chi connectivity index (χ1v) is 20.9. The third kappa shape index (κ3) is 8.16. The van der Waals surface area contributed by atoms with E-state index in [-0.39, 0.29) is 48.7 Å². The Morgan fingerprint density at radius 1 is 1.02 bits per heavy atom. The number of carbonyl (C=O) groups excluding carboxylic acids is 4. The SMILES string of the molecule is COC(=O)NC1CCCCC/C=C\C2CC2(C(=O)NS(=O)(=O)C2CC2)NC(=O)C2CC(Oc3nc(-c4ccc(C(F)(F)F)cc4)nc4c3oc3ccccc34)CN2C1=O. The van der Waals surface area contributed by atoms with Gasteiger partial charge in [-0.2, -0.15) is 18.2 Å². The first-order chi connectivity index (χ1) is 28.2. The number of alkyl halides is 3. The van der Waals surface area contributed by atoms with Crippen molar-refractivity contribution in [3.8, 4) is 17.3 Å². The molecule has 2 aromatic carbocycles. The number of allylic oxidation sites excluding steroid dienone is 1. The maximum atomic E-state index is 14.4. The number of amides is 4. The summed E-state index contributed by atoms with van der Waals surface area (Å²) in [6, 6.07) is 8.89. The third-order valence-corrected chi connectivity index (χ3v) is 13.1. The zero-order valence-corrected chi connectivity index (χ0v) is 32.6.